The number of carbonyl (C=O) groups is 2. The standard InChI is InChI=1S/C14H20N2O3S/c1-9(2)13(11-4-3-7-20-11)15-14(19)16(8-12(17)18)10-5-6-10/h3-4,7,9-10,13H,5-6,8H2,1-2H3,(H,15,19)(H,17,18). The summed E-state index contributed by atoms with van der Waals surface area (Å²) in [6.45, 7) is 3.86. The van der Waals surface area contributed by atoms with Crippen LogP contribution in [0.1, 0.15) is 37.6 Å². The van der Waals surface area contributed by atoms with Gasteiger partial charge in [-0.2, -0.15) is 0 Å². The predicted molar refractivity (Wildman–Crippen MR) is 77.8 cm³/mol. The van der Waals surface area contributed by atoms with Gasteiger partial charge in [0, 0.05) is 10.9 Å². The monoisotopic (exact) mass is 296 g/mol. The van der Waals surface area contributed by atoms with Crippen molar-refractivity contribution >= 4 is 23.3 Å². The summed E-state index contributed by atoms with van der Waals surface area (Å²) in [5, 5.41) is 13.9. The smallest absolute Gasteiger partial charge is 0.323 e. The van der Waals surface area contributed by atoms with Gasteiger partial charge in [-0.1, -0.05) is 19.9 Å². The van der Waals surface area contributed by atoms with Gasteiger partial charge in [0.05, 0.1) is 6.04 Å². The van der Waals surface area contributed by atoms with Crippen LogP contribution < -0.4 is 5.32 Å². The van der Waals surface area contributed by atoms with E-state index in [1.807, 2.05) is 31.4 Å². The molecular weight excluding hydrogens is 276 g/mol. The number of amides is 2. The number of hydrogen-bond donors (Lipinski definition) is 2. The lowest BCUT2D eigenvalue weighted by atomic mass is 10.0. The number of thiophene rings is 1. The first-order valence-electron chi connectivity index (χ1n) is 6.81. The van der Waals surface area contributed by atoms with Crippen molar-refractivity contribution in [2.45, 2.75) is 38.8 Å². The van der Waals surface area contributed by atoms with Crippen molar-refractivity contribution in [1.82, 2.24) is 10.2 Å². The number of urea groups is 1. The number of carbonyl (C=O) groups excluding carboxylic acids is 1. The van der Waals surface area contributed by atoms with Gasteiger partial charge in [-0.3, -0.25) is 4.79 Å². The lowest BCUT2D eigenvalue weighted by Crippen LogP contribution is -2.46. The number of hydrogen-bond acceptors (Lipinski definition) is 3. The second kappa shape index (κ2) is 6.26. The quantitative estimate of drug-likeness (QED) is 0.848. The maximum Gasteiger partial charge on any atom is 0.323 e. The molecule has 0 saturated heterocycles. The molecule has 1 atom stereocenters. The third-order valence-corrected chi connectivity index (χ3v) is 4.30. The highest BCUT2D eigenvalue weighted by Crippen LogP contribution is 2.29. The molecule has 6 heteroatoms. The Balaban J connectivity index is 2.05. The minimum absolute atomic E-state index is 0.0717. The molecule has 1 unspecified atom stereocenters. The molecule has 0 spiro atoms. The number of carboxylic acid groups (broad SMARTS) is 1. The highest BCUT2D eigenvalue weighted by atomic mass is 32.1. The fraction of sp³-hybridized carbons (Fsp3) is 0.571. The van der Waals surface area contributed by atoms with E-state index >= 15 is 0 Å². The van der Waals surface area contributed by atoms with E-state index in [1.54, 1.807) is 11.3 Å². The Morgan fingerprint density at radius 2 is 2.20 bits per heavy atom. The molecule has 1 saturated carbocycles. The molecule has 110 valence electrons. The zero-order valence-corrected chi connectivity index (χ0v) is 12.5. The molecule has 20 heavy (non-hydrogen) atoms. The summed E-state index contributed by atoms with van der Waals surface area (Å²) in [5.74, 6) is -0.715. The third kappa shape index (κ3) is 3.72. The van der Waals surface area contributed by atoms with Crippen LogP contribution in [0.25, 0.3) is 0 Å². The summed E-state index contributed by atoms with van der Waals surface area (Å²) >= 11 is 1.60. The highest BCUT2D eigenvalue weighted by Gasteiger charge is 2.35. The fourth-order valence-electron chi connectivity index (χ4n) is 2.15. The Morgan fingerprint density at radius 3 is 2.65 bits per heavy atom. The summed E-state index contributed by atoms with van der Waals surface area (Å²) < 4.78 is 0. The van der Waals surface area contributed by atoms with Crippen LogP contribution >= 0.6 is 11.3 Å². The summed E-state index contributed by atoms with van der Waals surface area (Å²) in [6.07, 6.45) is 1.79. The summed E-state index contributed by atoms with van der Waals surface area (Å²) in [4.78, 5) is 25.7. The number of carboxylic acids is 1. The number of aliphatic carboxylic acids is 1. The Kier molecular flexibility index (Phi) is 4.65. The van der Waals surface area contributed by atoms with Gasteiger partial charge >= 0.3 is 12.0 Å². The van der Waals surface area contributed by atoms with E-state index in [0.29, 0.717) is 0 Å². The van der Waals surface area contributed by atoms with Crippen molar-refractivity contribution in [3.63, 3.8) is 0 Å². The summed E-state index contributed by atoms with van der Waals surface area (Å²) in [5.41, 5.74) is 0. The van der Waals surface area contributed by atoms with Crippen LogP contribution in [-0.2, 0) is 4.79 Å². The Labute approximate surface area is 122 Å². The first kappa shape index (κ1) is 14.8. The van der Waals surface area contributed by atoms with Gasteiger partial charge in [-0.25, -0.2) is 4.79 Å². The molecule has 1 aliphatic carbocycles. The lowest BCUT2D eigenvalue weighted by Gasteiger charge is -2.27. The van der Waals surface area contributed by atoms with Gasteiger partial charge in [0.15, 0.2) is 0 Å². The molecule has 1 aliphatic rings. The molecule has 1 heterocycles. The van der Waals surface area contributed by atoms with Gasteiger partial charge in [0.1, 0.15) is 6.54 Å². The SMILES string of the molecule is CC(C)C(NC(=O)N(CC(=O)O)C1CC1)c1cccs1. The summed E-state index contributed by atoms with van der Waals surface area (Å²) in [7, 11) is 0. The number of rotatable bonds is 6. The van der Waals surface area contributed by atoms with Crippen LogP contribution in [0.5, 0.6) is 0 Å². The maximum atomic E-state index is 12.3. The van der Waals surface area contributed by atoms with Crippen molar-refractivity contribution in [2.75, 3.05) is 6.54 Å². The topological polar surface area (TPSA) is 69.6 Å². The minimum atomic E-state index is -0.968. The molecule has 1 aromatic heterocycles. The summed E-state index contributed by atoms with van der Waals surface area (Å²) in [6, 6.07) is 3.69. The van der Waals surface area contributed by atoms with Gasteiger partial charge in [0.25, 0.3) is 0 Å². The van der Waals surface area contributed by atoms with Crippen molar-refractivity contribution < 1.29 is 14.7 Å². The normalized spacial score (nSPS) is 15.9. The van der Waals surface area contributed by atoms with Gasteiger partial charge in [0.2, 0.25) is 0 Å². The Bertz CT molecular complexity index is 469. The zero-order chi connectivity index (χ0) is 14.7. The van der Waals surface area contributed by atoms with E-state index in [4.69, 9.17) is 5.11 Å². The van der Waals surface area contributed by atoms with Crippen molar-refractivity contribution in [3.05, 3.63) is 22.4 Å². The van der Waals surface area contributed by atoms with E-state index in [9.17, 15) is 9.59 Å². The van der Waals surface area contributed by atoms with Crippen molar-refractivity contribution in [2.24, 2.45) is 5.92 Å². The highest BCUT2D eigenvalue weighted by molar-refractivity contribution is 7.10. The van der Waals surface area contributed by atoms with Crippen LogP contribution in [0, 0.1) is 5.92 Å². The van der Waals surface area contributed by atoms with E-state index in [1.165, 1.54) is 4.90 Å². The second-order valence-corrected chi connectivity index (χ2v) is 6.42. The molecule has 0 bridgehead atoms. The molecule has 1 fully saturated rings. The first-order valence-corrected chi connectivity index (χ1v) is 7.69. The predicted octanol–water partition coefficient (Wildman–Crippen LogP) is 2.70. The zero-order valence-electron chi connectivity index (χ0n) is 11.7. The average Bonchev–Trinajstić information content (AvgIpc) is 3.07. The fourth-order valence-corrected chi connectivity index (χ4v) is 3.10. The van der Waals surface area contributed by atoms with E-state index in [-0.39, 0.29) is 30.6 Å². The van der Waals surface area contributed by atoms with Crippen molar-refractivity contribution in [1.29, 1.82) is 0 Å². The second-order valence-electron chi connectivity index (χ2n) is 5.44. The number of nitrogens with zero attached hydrogens (tertiary/aromatic N) is 1. The van der Waals surface area contributed by atoms with Gasteiger partial charge in [-0.05, 0) is 30.2 Å². The van der Waals surface area contributed by atoms with Crippen LogP contribution in [-0.4, -0.2) is 34.6 Å². The van der Waals surface area contributed by atoms with E-state index in [2.05, 4.69) is 5.32 Å². The van der Waals surface area contributed by atoms with Gasteiger partial charge < -0.3 is 15.3 Å². The Hall–Kier alpha value is -1.56. The molecule has 0 aromatic carbocycles. The van der Waals surface area contributed by atoms with E-state index < -0.39 is 5.97 Å². The molecule has 2 rings (SSSR count). The molecular formula is C14H20N2O3S. The molecule has 2 N–H and O–H groups in total. The number of nitrogens with one attached hydrogen (secondary N) is 1. The lowest BCUT2D eigenvalue weighted by molar-refractivity contribution is -0.137. The molecule has 0 aliphatic heterocycles. The largest absolute Gasteiger partial charge is 0.480 e. The minimum Gasteiger partial charge on any atom is -0.480 e. The molecule has 0 radical (unpaired) electrons. The maximum absolute atomic E-state index is 12.3. The molecule has 5 nitrogen and oxygen atoms in total. The van der Waals surface area contributed by atoms with Crippen LogP contribution in [0.3, 0.4) is 0 Å². The van der Waals surface area contributed by atoms with Crippen LogP contribution in [0.2, 0.25) is 0 Å². The molecule has 1 aromatic rings. The van der Waals surface area contributed by atoms with Gasteiger partial charge in [-0.15, -0.1) is 11.3 Å². The van der Waals surface area contributed by atoms with E-state index in [0.717, 1.165) is 17.7 Å². The average molecular weight is 296 g/mol. The first-order chi connectivity index (χ1) is 9.49. The Morgan fingerprint density at radius 1 is 1.50 bits per heavy atom. The van der Waals surface area contributed by atoms with Crippen LogP contribution in [0.4, 0.5) is 4.79 Å². The van der Waals surface area contributed by atoms with Crippen LogP contribution in [0.15, 0.2) is 17.5 Å². The molecule has 2 amide bonds. The van der Waals surface area contributed by atoms with Crippen molar-refractivity contribution in [3.8, 4) is 0 Å². The third-order valence-electron chi connectivity index (χ3n) is 3.35.